The fourth-order valence-electron chi connectivity index (χ4n) is 3.31. The number of carbonyl (C=O) groups excluding carboxylic acids is 1. The minimum absolute atomic E-state index is 0.297. The Kier molecular flexibility index (Phi) is 6.26. The summed E-state index contributed by atoms with van der Waals surface area (Å²) in [5.74, 6) is 0.563. The largest absolute Gasteiger partial charge is 0.468 e. The molecule has 116 valence electrons. The summed E-state index contributed by atoms with van der Waals surface area (Å²) < 4.78 is 4.66. The van der Waals surface area contributed by atoms with Gasteiger partial charge in [0, 0.05) is 13.1 Å². The van der Waals surface area contributed by atoms with Crippen molar-refractivity contribution in [2.24, 2.45) is 11.7 Å². The van der Waals surface area contributed by atoms with Crippen LogP contribution in [0.5, 0.6) is 0 Å². The molecule has 0 aliphatic carbocycles. The molecule has 5 heteroatoms. The van der Waals surface area contributed by atoms with E-state index in [9.17, 15) is 4.79 Å². The van der Waals surface area contributed by atoms with E-state index >= 15 is 0 Å². The number of nitrogens with zero attached hydrogens (tertiary/aromatic N) is 2. The highest BCUT2D eigenvalue weighted by Gasteiger charge is 2.23. The van der Waals surface area contributed by atoms with Crippen LogP contribution in [0.4, 0.5) is 0 Å². The molecule has 0 bridgehead atoms. The third-order valence-electron chi connectivity index (χ3n) is 4.68. The van der Waals surface area contributed by atoms with Gasteiger partial charge in [-0.05, 0) is 64.2 Å². The van der Waals surface area contributed by atoms with E-state index in [2.05, 4.69) is 14.5 Å². The van der Waals surface area contributed by atoms with Crippen LogP contribution >= 0.6 is 0 Å². The van der Waals surface area contributed by atoms with Crippen molar-refractivity contribution in [1.29, 1.82) is 0 Å². The predicted molar refractivity (Wildman–Crippen MR) is 79.4 cm³/mol. The summed E-state index contributed by atoms with van der Waals surface area (Å²) in [6.07, 6.45) is 6.02. The van der Waals surface area contributed by atoms with Crippen LogP contribution < -0.4 is 5.73 Å². The topological polar surface area (TPSA) is 58.8 Å². The lowest BCUT2D eigenvalue weighted by molar-refractivity contribution is -0.142. The van der Waals surface area contributed by atoms with Crippen molar-refractivity contribution >= 4 is 5.97 Å². The van der Waals surface area contributed by atoms with Crippen molar-refractivity contribution in [2.45, 2.75) is 38.1 Å². The molecule has 0 saturated carbocycles. The van der Waals surface area contributed by atoms with Gasteiger partial charge in [0.1, 0.15) is 6.04 Å². The number of methoxy groups -OCH3 is 1. The Morgan fingerprint density at radius 2 is 1.85 bits per heavy atom. The molecule has 5 nitrogen and oxygen atoms in total. The van der Waals surface area contributed by atoms with Gasteiger partial charge in [-0.3, -0.25) is 4.79 Å². The van der Waals surface area contributed by atoms with Crippen LogP contribution in [0, 0.1) is 5.92 Å². The number of esters is 1. The van der Waals surface area contributed by atoms with Crippen molar-refractivity contribution in [3.8, 4) is 0 Å². The zero-order chi connectivity index (χ0) is 14.4. The van der Waals surface area contributed by atoms with Crippen molar-refractivity contribution in [2.75, 3.05) is 46.4 Å². The van der Waals surface area contributed by atoms with Crippen LogP contribution in [0.2, 0.25) is 0 Å². The van der Waals surface area contributed by atoms with Gasteiger partial charge in [-0.15, -0.1) is 0 Å². The van der Waals surface area contributed by atoms with Gasteiger partial charge in [-0.1, -0.05) is 0 Å². The fourth-order valence-corrected chi connectivity index (χ4v) is 3.31. The van der Waals surface area contributed by atoms with Crippen molar-refractivity contribution < 1.29 is 9.53 Å². The van der Waals surface area contributed by atoms with E-state index in [4.69, 9.17) is 5.73 Å². The summed E-state index contributed by atoms with van der Waals surface area (Å²) in [5, 5.41) is 0. The summed E-state index contributed by atoms with van der Waals surface area (Å²) >= 11 is 0. The molecule has 0 spiro atoms. The highest BCUT2D eigenvalue weighted by atomic mass is 16.5. The van der Waals surface area contributed by atoms with Crippen LogP contribution in [0.3, 0.4) is 0 Å². The van der Waals surface area contributed by atoms with E-state index < -0.39 is 6.04 Å². The van der Waals surface area contributed by atoms with Crippen LogP contribution in [0.1, 0.15) is 32.1 Å². The number of likely N-dealkylation sites (tertiary alicyclic amines) is 2. The van der Waals surface area contributed by atoms with Gasteiger partial charge in [0.2, 0.25) is 0 Å². The Balaban J connectivity index is 1.60. The number of nitrogens with two attached hydrogens (primary N) is 1. The zero-order valence-electron chi connectivity index (χ0n) is 12.7. The summed E-state index contributed by atoms with van der Waals surface area (Å²) in [5.41, 5.74) is 5.77. The molecule has 0 radical (unpaired) electrons. The predicted octanol–water partition coefficient (Wildman–Crippen LogP) is 0.685. The maximum Gasteiger partial charge on any atom is 0.322 e. The molecule has 1 unspecified atom stereocenters. The van der Waals surface area contributed by atoms with E-state index in [-0.39, 0.29) is 5.97 Å². The third kappa shape index (κ3) is 4.72. The Bertz CT molecular complexity index is 297. The first-order valence-corrected chi connectivity index (χ1v) is 7.97. The molecule has 2 aliphatic heterocycles. The van der Waals surface area contributed by atoms with Gasteiger partial charge >= 0.3 is 5.97 Å². The van der Waals surface area contributed by atoms with E-state index in [1.54, 1.807) is 0 Å². The van der Waals surface area contributed by atoms with Gasteiger partial charge in [-0.2, -0.15) is 0 Å². The molecule has 0 aromatic heterocycles. The molecule has 2 heterocycles. The van der Waals surface area contributed by atoms with Gasteiger partial charge in [0.05, 0.1) is 7.11 Å². The fraction of sp³-hybridized carbons (Fsp3) is 0.933. The molecule has 2 rings (SSSR count). The average molecular weight is 283 g/mol. The molecule has 0 amide bonds. The molecule has 0 aromatic rings. The Labute approximate surface area is 122 Å². The number of hydrogen-bond donors (Lipinski definition) is 1. The zero-order valence-corrected chi connectivity index (χ0v) is 12.7. The molecule has 2 aliphatic rings. The highest BCUT2D eigenvalue weighted by molar-refractivity contribution is 5.75. The maximum absolute atomic E-state index is 11.3. The molecular formula is C15H29N3O2. The lowest BCUT2D eigenvalue weighted by Crippen LogP contribution is -2.41. The quantitative estimate of drug-likeness (QED) is 0.727. The molecule has 2 fully saturated rings. The molecular weight excluding hydrogens is 254 g/mol. The monoisotopic (exact) mass is 283 g/mol. The standard InChI is InChI=1S/C15H29N3O2/c1-20-15(19)14(16)6-11-17-9-4-13(5-10-17)12-18-7-2-3-8-18/h13-14H,2-12,16H2,1H3. The number of hydrogen-bond acceptors (Lipinski definition) is 5. The SMILES string of the molecule is COC(=O)C(N)CCN1CCC(CN2CCCC2)CC1. The van der Waals surface area contributed by atoms with E-state index in [1.165, 1.54) is 52.4 Å². The minimum atomic E-state index is -0.470. The van der Waals surface area contributed by atoms with Gasteiger partial charge < -0.3 is 20.3 Å². The summed E-state index contributed by atoms with van der Waals surface area (Å²) in [6, 6.07) is -0.470. The Morgan fingerprint density at radius 3 is 2.45 bits per heavy atom. The molecule has 0 aromatic carbocycles. The van der Waals surface area contributed by atoms with Crippen LogP contribution in [0.15, 0.2) is 0 Å². The smallest absolute Gasteiger partial charge is 0.322 e. The first-order valence-electron chi connectivity index (χ1n) is 7.97. The number of ether oxygens (including phenoxy) is 1. The Hall–Kier alpha value is -0.650. The Morgan fingerprint density at radius 1 is 1.20 bits per heavy atom. The molecule has 2 N–H and O–H groups in total. The lowest BCUT2D eigenvalue weighted by Gasteiger charge is -2.34. The van der Waals surface area contributed by atoms with Crippen molar-refractivity contribution in [3.63, 3.8) is 0 Å². The van der Waals surface area contributed by atoms with Crippen LogP contribution in [-0.4, -0.2) is 68.2 Å². The maximum atomic E-state index is 11.3. The average Bonchev–Trinajstić information content (AvgIpc) is 2.98. The van der Waals surface area contributed by atoms with E-state index in [1.807, 2.05) is 0 Å². The van der Waals surface area contributed by atoms with Gasteiger partial charge in [-0.25, -0.2) is 0 Å². The van der Waals surface area contributed by atoms with Crippen molar-refractivity contribution in [3.05, 3.63) is 0 Å². The van der Waals surface area contributed by atoms with E-state index in [0.717, 1.165) is 25.6 Å². The molecule has 2 saturated heterocycles. The summed E-state index contributed by atoms with van der Waals surface area (Å²) in [4.78, 5) is 16.3. The second-order valence-corrected chi connectivity index (χ2v) is 6.21. The van der Waals surface area contributed by atoms with Crippen molar-refractivity contribution in [1.82, 2.24) is 9.80 Å². The first kappa shape index (κ1) is 15.7. The van der Waals surface area contributed by atoms with Crippen LogP contribution in [0.25, 0.3) is 0 Å². The first-order chi connectivity index (χ1) is 9.69. The van der Waals surface area contributed by atoms with E-state index in [0.29, 0.717) is 6.42 Å². The van der Waals surface area contributed by atoms with Gasteiger partial charge in [0.25, 0.3) is 0 Å². The molecule has 1 atom stereocenters. The summed E-state index contributed by atoms with van der Waals surface area (Å²) in [7, 11) is 1.39. The summed E-state index contributed by atoms with van der Waals surface area (Å²) in [6.45, 7) is 7.09. The minimum Gasteiger partial charge on any atom is -0.468 e. The molecule has 20 heavy (non-hydrogen) atoms. The highest BCUT2D eigenvalue weighted by Crippen LogP contribution is 2.20. The van der Waals surface area contributed by atoms with Crippen LogP contribution in [-0.2, 0) is 9.53 Å². The second-order valence-electron chi connectivity index (χ2n) is 6.21. The normalized spacial score (nSPS) is 23.9. The number of carbonyl (C=O) groups is 1. The lowest BCUT2D eigenvalue weighted by atomic mass is 9.96. The number of piperidine rings is 1. The number of rotatable bonds is 6. The third-order valence-corrected chi connectivity index (χ3v) is 4.68. The van der Waals surface area contributed by atoms with Gasteiger partial charge in [0.15, 0.2) is 0 Å². The second kappa shape index (κ2) is 7.96.